The third-order valence-corrected chi connectivity index (χ3v) is 4.15. The highest BCUT2D eigenvalue weighted by Gasteiger charge is 2.35. The monoisotopic (exact) mass is 406 g/mol. The maximum Gasteiger partial charge on any atom is 0.291 e. The summed E-state index contributed by atoms with van der Waals surface area (Å²) in [4.78, 5) is 21.2. The molecule has 0 saturated carbocycles. The van der Waals surface area contributed by atoms with Gasteiger partial charge in [0.1, 0.15) is 0 Å². The van der Waals surface area contributed by atoms with Crippen molar-refractivity contribution in [2.45, 2.75) is 6.10 Å². The first-order chi connectivity index (χ1) is 11.9. The Balaban J connectivity index is 2.09. The Morgan fingerprint density at radius 2 is 1.80 bits per heavy atom. The zero-order chi connectivity index (χ0) is 18.1. The Kier molecular flexibility index (Phi) is 4.41. The number of methoxy groups -OCH3 is 1. The van der Waals surface area contributed by atoms with Crippen LogP contribution >= 0.6 is 15.9 Å². The number of halogens is 1. The van der Waals surface area contributed by atoms with Gasteiger partial charge in [-0.2, -0.15) is 0 Å². The van der Waals surface area contributed by atoms with Crippen molar-refractivity contribution in [3.8, 4) is 11.5 Å². The molecule has 1 aliphatic rings. The van der Waals surface area contributed by atoms with Crippen molar-refractivity contribution in [2.75, 3.05) is 7.11 Å². The first-order valence-corrected chi connectivity index (χ1v) is 7.84. The minimum absolute atomic E-state index is 0.104. The van der Waals surface area contributed by atoms with Crippen LogP contribution < -0.4 is 9.47 Å². The molecule has 0 spiro atoms. The fraction of sp³-hybridized carbons (Fsp3) is 0.125. The van der Waals surface area contributed by atoms with E-state index in [-0.39, 0.29) is 11.4 Å². The predicted molar refractivity (Wildman–Crippen MR) is 92.1 cm³/mol. The van der Waals surface area contributed by atoms with Crippen LogP contribution in [-0.2, 0) is 0 Å². The van der Waals surface area contributed by atoms with Crippen LogP contribution in [-0.4, -0.2) is 17.0 Å². The molecule has 1 atom stereocenters. The van der Waals surface area contributed by atoms with E-state index in [2.05, 4.69) is 15.9 Å². The average Bonchev–Trinajstić information content (AvgIpc) is 2.59. The van der Waals surface area contributed by atoms with Crippen LogP contribution in [0.25, 0.3) is 6.08 Å². The topological polar surface area (TPSA) is 105 Å². The summed E-state index contributed by atoms with van der Waals surface area (Å²) < 4.78 is 11.8. The summed E-state index contributed by atoms with van der Waals surface area (Å²) in [5, 5.41) is 22.2. The van der Waals surface area contributed by atoms with Gasteiger partial charge in [0.2, 0.25) is 6.10 Å². The second kappa shape index (κ2) is 6.52. The van der Waals surface area contributed by atoms with Gasteiger partial charge in [0.25, 0.3) is 11.4 Å². The molecule has 0 aliphatic carbocycles. The van der Waals surface area contributed by atoms with Gasteiger partial charge in [-0.15, -0.1) is 0 Å². The third-order valence-electron chi connectivity index (χ3n) is 3.69. The molecule has 0 radical (unpaired) electrons. The van der Waals surface area contributed by atoms with Gasteiger partial charge in [-0.1, -0.05) is 15.9 Å². The summed E-state index contributed by atoms with van der Waals surface area (Å²) in [7, 11) is 1.47. The molecule has 0 amide bonds. The van der Waals surface area contributed by atoms with Gasteiger partial charge in [0.15, 0.2) is 11.5 Å². The lowest BCUT2D eigenvalue weighted by Crippen LogP contribution is -2.20. The number of fused-ring (bicyclic) bond motifs is 1. The molecule has 2 aromatic carbocycles. The molecule has 8 nitrogen and oxygen atoms in total. The van der Waals surface area contributed by atoms with Crippen molar-refractivity contribution in [2.24, 2.45) is 0 Å². The van der Waals surface area contributed by atoms with E-state index < -0.39 is 16.0 Å². The van der Waals surface area contributed by atoms with Crippen LogP contribution in [0.15, 0.2) is 46.6 Å². The summed E-state index contributed by atoms with van der Waals surface area (Å²) >= 11 is 3.32. The molecular formula is C16H11BrN2O6. The van der Waals surface area contributed by atoms with Gasteiger partial charge in [-0.05, 0) is 24.3 Å². The number of rotatable bonds is 4. The number of nitrogens with zero attached hydrogens (tertiary/aromatic N) is 2. The summed E-state index contributed by atoms with van der Waals surface area (Å²) in [6.45, 7) is 0. The molecule has 0 fully saturated rings. The minimum atomic E-state index is -1.00. The van der Waals surface area contributed by atoms with E-state index >= 15 is 0 Å². The lowest BCUT2D eigenvalue weighted by molar-refractivity contribution is -0.434. The van der Waals surface area contributed by atoms with Crippen LogP contribution in [0.1, 0.15) is 17.2 Å². The molecule has 1 heterocycles. The Bertz CT molecular complexity index is 894. The van der Waals surface area contributed by atoms with Crippen molar-refractivity contribution in [1.29, 1.82) is 0 Å². The minimum Gasteiger partial charge on any atom is -0.493 e. The number of hydrogen-bond donors (Lipinski definition) is 0. The lowest BCUT2D eigenvalue weighted by Gasteiger charge is -2.24. The Morgan fingerprint density at radius 1 is 1.12 bits per heavy atom. The van der Waals surface area contributed by atoms with E-state index in [1.165, 1.54) is 37.5 Å². The smallest absolute Gasteiger partial charge is 0.291 e. The zero-order valence-corrected chi connectivity index (χ0v) is 14.4. The van der Waals surface area contributed by atoms with E-state index in [4.69, 9.17) is 9.47 Å². The molecule has 0 saturated heterocycles. The largest absolute Gasteiger partial charge is 0.493 e. The highest BCUT2D eigenvalue weighted by Crippen LogP contribution is 2.44. The van der Waals surface area contributed by atoms with Gasteiger partial charge in [-0.25, -0.2) is 0 Å². The second-order valence-corrected chi connectivity index (χ2v) is 6.11. The molecule has 128 valence electrons. The van der Waals surface area contributed by atoms with Gasteiger partial charge >= 0.3 is 0 Å². The average molecular weight is 407 g/mol. The molecule has 0 bridgehead atoms. The molecule has 0 aromatic heterocycles. The summed E-state index contributed by atoms with van der Waals surface area (Å²) in [5.74, 6) is 0.801. The zero-order valence-electron chi connectivity index (χ0n) is 12.8. The number of benzene rings is 2. The van der Waals surface area contributed by atoms with Crippen LogP contribution in [0.5, 0.6) is 11.5 Å². The number of nitro benzene ring substituents is 1. The number of nitro groups is 2. The van der Waals surface area contributed by atoms with E-state index in [1.807, 2.05) is 0 Å². The van der Waals surface area contributed by atoms with Crippen LogP contribution in [0, 0.1) is 20.2 Å². The van der Waals surface area contributed by atoms with Crippen molar-refractivity contribution in [3.63, 3.8) is 0 Å². The van der Waals surface area contributed by atoms with E-state index in [0.717, 1.165) is 0 Å². The number of hydrogen-bond acceptors (Lipinski definition) is 6. The van der Waals surface area contributed by atoms with Gasteiger partial charge in [0, 0.05) is 33.8 Å². The molecule has 0 N–H and O–H groups in total. The quantitative estimate of drug-likeness (QED) is 0.558. The highest BCUT2D eigenvalue weighted by molar-refractivity contribution is 9.10. The first-order valence-electron chi connectivity index (χ1n) is 7.05. The van der Waals surface area contributed by atoms with Crippen LogP contribution in [0.4, 0.5) is 5.69 Å². The van der Waals surface area contributed by atoms with E-state index in [0.29, 0.717) is 27.1 Å². The SMILES string of the molecule is COc1cc(Br)cc2c1OC(c1ccc([N+](=O)[O-])cc1)C([N+](=O)[O-])=C2. The van der Waals surface area contributed by atoms with Crippen molar-refractivity contribution in [3.05, 3.63) is 77.9 Å². The highest BCUT2D eigenvalue weighted by atomic mass is 79.9. The lowest BCUT2D eigenvalue weighted by atomic mass is 10.0. The van der Waals surface area contributed by atoms with Gasteiger partial charge in [0.05, 0.1) is 17.0 Å². The number of non-ortho nitro benzene ring substituents is 1. The summed E-state index contributed by atoms with van der Waals surface area (Å²) in [5.41, 5.74) is 0.676. The Hall–Kier alpha value is -2.94. The summed E-state index contributed by atoms with van der Waals surface area (Å²) in [6, 6.07) is 8.83. The van der Waals surface area contributed by atoms with E-state index in [1.54, 1.807) is 12.1 Å². The van der Waals surface area contributed by atoms with Gasteiger partial charge in [-0.3, -0.25) is 20.2 Å². The molecular weight excluding hydrogens is 396 g/mol. The molecule has 9 heteroatoms. The second-order valence-electron chi connectivity index (χ2n) is 5.20. The van der Waals surface area contributed by atoms with Crippen molar-refractivity contribution < 1.29 is 19.3 Å². The fourth-order valence-corrected chi connectivity index (χ4v) is 3.00. The van der Waals surface area contributed by atoms with Crippen LogP contribution in [0.2, 0.25) is 0 Å². The van der Waals surface area contributed by atoms with Crippen molar-refractivity contribution >= 4 is 27.7 Å². The Morgan fingerprint density at radius 3 is 2.36 bits per heavy atom. The molecule has 1 unspecified atom stereocenters. The molecule has 3 rings (SSSR count). The summed E-state index contributed by atoms with van der Waals surface area (Å²) in [6.07, 6.45) is 0.413. The maximum absolute atomic E-state index is 11.5. The van der Waals surface area contributed by atoms with E-state index in [9.17, 15) is 20.2 Å². The maximum atomic E-state index is 11.5. The van der Waals surface area contributed by atoms with Crippen molar-refractivity contribution in [1.82, 2.24) is 0 Å². The fourth-order valence-electron chi connectivity index (χ4n) is 2.55. The standard InChI is InChI=1S/C16H11BrN2O6/c1-24-14-8-11(17)6-10-7-13(19(22)23)15(25-16(10)14)9-2-4-12(5-3-9)18(20)21/h2-8,15H,1H3. The first kappa shape index (κ1) is 16.9. The normalized spacial score (nSPS) is 15.6. The van der Waals surface area contributed by atoms with Gasteiger partial charge < -0.3 is 9.47 Å². The number of ether oxygens (including phenoxy) is 2. The Labute approximate surface area is 150 Å². The molecule has 2 aromatic rings. The predicted octanol–water partition coefficient (Wildman–Crippen LogP) is 4.12. The third kappa shape index (κ3) is 3.18. The molecule has 25 heavy (non-hydrogen) atoms. The van der Waals surface area contributed by atoms with Crippen LogP contribution in [0.3, 0.4) is 0 Å². The molecule has 1 aliphatic heterocycles.